The molecule has 1 rings (SSSR count). The van der Waals surface area contributed by atoms with E-state index in [9.17, 15) is 9.59 Å². The van der Waals surface area contributed by atoms with Crippen molar-refractivity contribution in [2.24, 2.45) is 5.73 Å². The molecule has 0 aliphatic heterocycles. The van der Waals surface area contributed by atoms with Crippen molar-refractivity contribution in [2.45, 2.75) is 19.8 Å². The van der Waals surface area contributed by atoms with Crippen molar-refractivity contribution in [2.75, 3.05) is 26.0 Å². The van der Waals surface area contributed by atoms with Gasteiger partial charge in [0.1, 0.15) is 10.6 Å². The Morgan fingerprint density at radius 1 is 1.47 bits per heavy atom. The van der Waals surface area contributed by atoms with Crippen LogP contribution in [0.3, 0.4) is 0 Å². The Kier molecular flexibility index (Phi) is 5.56. The van der Waals surface area contributed by atoms with Gasteiger partial charge in [0.2, 0.25) is 5.88 Å². The van der Waals surface area contributed by atoms with Gasteiger partial charge in [-0.3, -0.25) is 10.1 Å². The number of amides is 3. The molecule has 0 bridgehead atoms. The number of nitrogens with two attached hydrogens (primary N) is 1. The van der Waals surface area contributed by atoms with E-state index in [1.165, 1.54) is 4.90 Å². The zero-order chi connectivity index (χ0) is 14.4. The molecule has 1 aromatic heterocycles. The first-order valence-electron chi connectivity index (χ1n) is 5.88. The van der Waals surface area contributed by atoms with E-state index in [2.05, 4.69) is 9.69 Å². The molecule has 1 aromatic rings. The standard InChI is InChI=1S/C11H18N4O3S/c1-4-5-6-18-9-7(8(12)16)10(19-14-9)13-11(17)15(2)3/h4-6H2,1-3H3,(H2,12,16)(H,13,17). The first kappa shape index (κ1) is 15.2. The molecular formula is C11H18N4O3S. The SMILES string of the molecule is CCCCOc1nsc(NC(=O)N(C)C)c1C(N)=O. The molecule has 0 aliphatic carbocycles. The van der Waals surface area contributed by atoms with Gasteiger partial charge in [-0.1, -0.05) is 13.3 Å². The van der Waals surface area contributed by atoms with Gasteiger partial charge in [-0.2, -0.15) is 4.37 Å². The minimum atomic E-state index is -0.672. The second kappa shape index (κ2) is 6.93. The molecule has 0 saturated carbocycles. The topological polar surface area (TPSA) is 97.6 Å². The van der Waals surface area contributed by atoms with Crippen molar-refractivity contribution >= 4 is 28.5 Å². The third-order valence-corrected chi connectivity index (χ3v) is 3.02. The summed E-state index contributed by atoms with van der Waals surface area (Å²) in [4.78, 5) is 24.3. The van der Waals surface area contributed by atoms with Crippen molar-refractivity contribution in [3.63, 3.8) is 0 Å². The first-order chi connectivity index (χ1) is 8.97. The number of nitrogens with zero attached hydrogens (tertiary/aromatic N) is 2. The minimum absolute atomic E-state index is 0.122. The number of hydrogen-bond acceptors (Lipinski definition) is 5. The van der Waals surface area contributed by atoms with Crippen LogP contribution in [0.1, 0.15) is 30.1 Å². The Labute approximate surface area is 115 Å². The van der Waals surface area contributed by atoms with E-state index in [4.69, 9.17) is 10.5 Å². The van der Waals surface area contributed by atoms with Gasteiger partial charge < -0.3 is 15.4 Å². The van der Waals surface area contributed by atoms with E-state index in [-0.39, 0.29) is 17.5 Å². The number of ether oxygens (including phenoxy) is 1. The fourth-order valence-electron chi connectivity index (χ4n) is 1.20. The van der Waals surface area contributed by atoms with Crippen LogP contribution in [0.25, 0.3) is 0 Å². The van der Waals surface area contributed by atoms with Crippen molar-refractivity contribution < 1.29 is 14.3 Å². The highest BCUT2D eigenvalue weighted by atomic mass is 32.1. The maximum atomic E-state index is 11.6. The Balaban J connectivity index is 2.87. The predicted octanol–water partition coefficient (Wildman–Crippen LogP) is 1.51. The smallest absolute Gasteiger partial charge is 0.321 e. The summed E-state index contributed by atoms with van der Waals surface area (Å²) in [6.45, 7) is 2.49. The minimum Gasteiger partial charge on any atom is -0.476 e. The zero-order valence-corrected chi connectivity index (χ0v) is 12.0. The highest BCUT2D eigenvalue weighted by Crippen LogP contribution is 2.30. The van der Waals surface area contributed by atoms with E-state index in [1.54, 1.807) is 14.1 Å². The quantitative estimate of drug-likeness (QED) is 0.774. The molecule has 106 valence electrons. The van der Waals surface area contributed by atoms with Gasteiger partial charge in [0.25, 0.3) is 5.91 Å². The van der Waals surface area contributed by atoms with Crippen molar-refractivity contribution in [3.8, 4) is 5.88 Å². The van der Waals surface area contributed by atoms with Gasteiger partial charge >= 0.3 is 6.03 Å². The van der Waals surface area contributed by atoms with E-state index in [0.717, 1.165) is 24.4 Å². The normalized spacial score (nSPS) is 10.1. The molecule has 0 aliphatic rings. The monoisotopic (exact) mass is 286 g/mol. The molecule has 0 radical (unpaired) electrons. The Morgan fingerprint density at radius 3 is 2.68 bits per heavy atom. The van der Waals surface area contributed by atoms with Crippen LogP contribution >= 0.6 is 11.5 Å². The number of carbonyl (C=O) groups is 2. The molecule has 3 N–H and O–H groups in total. The van der Waals surface area contributed by atoms with Crippen molar-refractivity contribution in [1.29, 1.82) is 0 Å². The van der Waals surface area contributed by atoms with Crippen LogP contribution in [-0.2, 0) is 0 Å². The van der Waals surface area contributed by atoms with Gasteiger partial charge in [0.15, 0.2) is 0 Å². The van der Waals surface area contributed by atoms with Gasteiger partial charge in [-0.05, 0) is 18.0 Å². The number of rotatable bonds is 6. The van der Waals surface area contributed by atoms with E-state index >= 15 is 0 Å². The van der Waals surface area contributed by atoms with Crippen LogP contribution in [0.15, 0.2) is 0 Å². The lowest BCUT2D eigenvalue weighted by atomic mass is 10.3. The summed E-state index contributed by atoms with van der Waals surface area (Å²) >= 11 is 0.974. The molecular weight excluding hydrogens is 268 g/mol. The van der Waals surface area contributed by atoms with Crippen LogP contribution in [-0.4, -0.2) is 41.9 Å². The van der Waals surface area contributed by atoms with Crippen LogP contribution in [0.5, 0.6) is 5.88 Å². The molecule has 3 amide bonds. The molecule has 19 heavy (non-hydrogen) atoms. The number of aromatic nitrogens is 1. The maximum absolute atomic E-state index is 11.6. The number of hydrogen-bond donors (Lipinski definition) is 2. The zero-order valence-electron chi connectivity index (χ0n) is 11.2. The summed E-state index contributed by atoms with van der Waals surface area (Å²) in [7, 11) is 3.19. The van der Waals surface area contributed by atoms with Gasteiger partial charge in [0.05, 0.1) is 6.61 Å². The summed E-state index contributed by atoms with van der Waals surface area (Å²) < 4.78 is 9.40. The Bertz CT molecular complexity index is 459. The summed E-state index contributed by atoms with van der Waals surface area (Å²) in [6, 6.07) is -0.355. The van der Waals surface area contributed by atoms with Crippen LogP contribution in [0.2, 0.25) is 0 Å². The highest BCUT2D eigenvalue weighted by molar-refractivity contribution is 7.11. The molecule has 7 nitrogen and oxygen atoms in total. The number of primary amides is 1. The molecule has 8 heteroatoms. The molecule has 1 heterocycles. The highest BCUT2D eigenvalue weighted by Gasteiger charge is 2.22. The summed E-state index contributed by atoms with van der Waals surface area (Å²) in [6.07, 6.45) is 1.83. The van der Waals surface area contributed by atoms with Crippen LogP contribution in [0, 0.1) is 0 Å². The number of carbonyl (C=O) groups excluding carboxylic acids is 2. The first-order valence-corrected chi connectivity index (χ1v) is 6.65. The van der Waals surface area contributed by atoms with Gasteiger partial charge in [0, 0.05) is 14.1 Å². The Morgan fingerprint density at radius 2 is 2.16 bits per heavy atom. The molecule has 0 unspecified atom stereocenters. The fourth-order valence-corrected chi connectivity index (χ4v) is 1.93. The van der Waals surface area contributed by atoms with E-state index in [0.29, 0.717) is 11.6 Å². The lowest BCUT2D eigenvalue weighted by Gasteiger charge is -2.11. The molecule has 0 spiro atoms. The second-order valence-corrected chi connectivity index (χ2v) is 4.86. The Hall–Kier alpha value is -1.83. The summed E-state index contributed by atoms with van der Waals surface area (Å²) in [5, 5.41) is 2.87. The molecule has 0 aromatic carbocycles. The van der Waals surface area contributed by atoms with Gasteiger partial charge in [-0.25, -0.2) is 4.79 Å². The average Bonchev–Trinajstić information content (AvgIpc) is 2.72. The predicted molar refractivity (Wildman–Crippen MR) is 73.7 cm³/mol. The van der Waals surface area contributed by atoms with E-state index in [1.807, 2.05) is 6.92 Å². The summed E-state index contributed by atoms with van der Waals surface area (Å²) in [5.74, 6) is -0.491. The van der Waals surface area contributed by atoms with Gasteiger partial charge in [-0.15, -0.1) is 0 Å². The lowest BCUT2D eigenvalue weighted by Crippen LogP contribution is -2.28. The molecule has 0 fully saturated rings. The number of unbranched alkanes of at least 4 members (excludes halogenated alkanes) is 1. The van der Waals surface area contributed by atoms with Crippen molar-refractivity contribution in [3.05, 3.63) is 5.56 Å². The third-order valence-electron chi connectivity index (χ3n) is 2.27. The maximum Gasteiger partial charge on any atom is 0.321 e. The van der Waals surface area contributed by atoms with E-state index < -0.39 is 5.91 Å². The van der Waals surface area contributed by atoms with Crippen LogP contribution < -0.4 is 15.8 Å². The number of urea groups is 1. The second-order valence-electron chi connectivity index (χ2n) is 4.08. The fraction of sp³-hybridized carbons (Fsp3) is 0.545. The molecule has 0 saturated heterocycles. The summed E-state index contributed by atoms with van der Waals surface area (Å²) in [5.41, 5.74) is 5.42. The number of anilines is 1. The largest absolute Gasteiger partial charge is 0.476 e. The average molecular weight is 286 g/mol. The number of nitrogens with one attached hydrogen (secondary N) is 1. The van der Waals surface area contributed by atoms with Crippen LogP contribution in [0.4, 0.5) is 9.80 Å². The third kappa shape index (κ3) is 4.09. The molecule has 0 atom stereocenters. The lowest BCUT2D eigenvalue weighted by molar-refractivity contribution is 0.0997. The van der Waals surface area contributed by atoms with Crippen molar-refractivity contribution in [1.82, 2.24) is 9.27 Å².